The Morgan fingerprint density at radius 3 is 2.11 bits per heavy atom. The number of amides is 2. The van der Waals surface area contributed by atoms with Gasteiger partial charge in [-0.3, -0.25) is 5.32 Å². The van der Waals surface area contributed by atoms with E-state index in [0.717, 1.165) is 16.6 Å². The molecule has 2 N–H and O–H groups in total. The third-order valence-electron chi connectivity index (χ3n) is 4.64. The quantitative estimate of drug-likeness (QED) is 0.450. The van der Waals surface area contributed by atoms with Crippen LogP contribution in [0.25, 0.3) is 10.2 Å². The Kier molecular flexibility index (Phi) is 5.64. The van der Waals surface area contributed by atoms with Crippen LogP contribution < -0.4 is 10.6 Å². The van der Waals surface area contributed by atoms with E-state index in [0.29, 0.717) is 11.7 Å². The van der Waals surface area contributed by atoms with Gasteiger partial charge in [0.15, 0.2) is 5.13 Å². The van der Waals surface area contributed by atoms with Crippen LogP contribution in [0.1, 0.15) is 23.5 Å². The van der Waals surface area contributed by atoms with Gasteiger partial charge in [0.1, 0.15) is 0 Å². The average Bonchev–Trinajstić information content (AvgIpc) is 3.14. The number of fused-ring (bicyclic) bond motifs is 1. The van der Waals surface area contributed by atoms with Crippen molar-refractivity contribution in [2.24, 2.45) is 0 Å². The smallest absolute Gasteiger partial charge is 0.321 e. The van der Waals surface area contributed by atoms with Gasteiger partial charge in [-0.05, 0) is 29.7 Å². The minimum atomic E-state index is -0.223. The molecule has 0 radical (unpaired) electrons. The zero-order valence-electron chi connectivity index (χ0n) is 15.3. The molecule has 0 spiro atoms. The Hall–Kier alpha value is -3.18. The molecule has 0 fully saturated rings. The van der Waals surface area contributed by atoms with Gasteiger partial charge >= 0.3 is 6.03 Å². The van der Waals surface area contributed by atoms with Crippen molar-refractivity contribution in [3.05, 3.63) is 96.1 Å². The standard InChI is InChI=1S/C23H21N3OS/c27-22(26-23-25-20-13-7-8-14-21(20)28-23)24-16-15-19(17-9-3-1-4-10-17)18-11-5-2-6-12-18/h1-14,19H,15-16H2,(H2,24,25,26,27). The summed E-state index contributed by atoms with van der Waals surface area (Å²) in [5, 5.41) is 6.42. The zero-order valence-corrected chi connectivity index (χ0v) is 16.2. The summed E-state index contributed by atoms with van der Waals surface area (Å²) in [6, 6.07) is 28.4. The lowest BCUT2D eigenvalue weighted by molar-refractivity contribution is 0.252. The molecule has 0 saturated carbocycles. The second-order valence-electron chi connectivity index (χ2n) is 6.53. The molecule has 0 aliphatic rings. The van der Waals surface area contributed by atoms with Gasteiger partial charge in [0.25, 0.3) is 0 Å². The molecule has 0 unspecified atom stereocenters. The summed E-state index contributed by atoms with van der Waals surface area (Å²) in [4.78, 5) is 16.7. The number of anilines is 1. The number of rotatable bonds is 6. The van der Waals surface area contributed by atoms with Crippen LogP contribution in [0, 0.1) is 0 Å². The fourth-order valence-corrected chi connectivity index (χ4v) is 4.15. The third-order valence-corrected chi connectivity index (χ3v) is 5.59. The van der Waals surface area contributed by atoms with E-state index in [4.69, 9.17) is 0 Å². The second kappa shape index (κ2) is 8.67. The Labute approximate surface area is 168 Å². The minimum absolute atomic E-state index is 0.223. The van der Waals surface area contributed by atoms with E-state index in [1.54, 1.807) is 0 Å². The maximum Gasteiger partial charge on any atom is 0.321 e. The number of nitrogens with zero attached hydrogens (tertiary/aromatic N) is 1. The van der Waals surface area contributed by atoms with E-state index in [9.17, 15) is 4.79 Å². The van der Waals surface area contributed by atoms with Crippen molar-refractivity contribution in [3.63, 3.8) is 0 Å². The molecule has 4 aromatic rings. The third kappa shape index (κ3) is 4.38. The van der Waals surface area contributed by atoms with Gasteiger partial charge in [0.2, 0.25) is 0 Å². The predicted molar refractivity (Wildman–Crippen MR) is 116 cm³/mol. The molecular formula is C23H21N3OS. The first-order valence-corrected chi connectivity index (χ1v) is 10.1. The highest BCUT2D eigenvalue weighted by Crippen LogP contribution is 2.28. The molecule has 4 rings (SSSR count). The summed E-state index contributed by atoms with van der Waals surface area (Å²) >= 11 is 1.48. The van der Waals surface area contributed by atoms with Crippen LogP contribution in [0.4, 0.5) is 9.93 Å². The lowest BCUT2D eigenvalue weighted by Gasteiger charge is -2.18. The van der Waals surface area contributed by atoms with E-state index in [2.05, 4.69) is 64.1 Å². The molecule has 28 heavy (non-hydrogen) atoms. The van der Waals surface area contributed by atoms with Crippen molar-refractivity contribution in [3.8, 4) is 0 Å². The van der Waals surface area contributed by atoms with Gasteiger partial charge in [-0.15, -0.1) is 0 Å². The van der Waals surface area contributed by atoms with E-state index < -0.39 is 0 Å². The summed E-state index contributed by atoms with van der Waals surface area (Å²) in [7, 11) is 0. The highest BCUT2D eigenvalue weighted by Gasteiger charge is 2.14. The van der Waals surface area contributed by atoms with Crippen molar-refractivity contribution >= 4 is 32.7 Å². The molecule has 4 nitrogen and oxygen atoms in total. The number of benzene rings is 3. The molecule has 0 atom stereocenters. The van der Waals surface area contributed by atoms with Crippen molar-refractivity contribution in [1.29, 1.82) is 0 Å². The first-order valence-electron chi connectivity index (χ1n) is 9.30. The fraction of sp³-hybridized carbons (Fsp3) is 0.130. The van der Waals surface area contributed by atoms with Crippen LogP contribution >= 0.6 is 11.3 Å². The van der Waals surface area contributed by atoms with Crippen LogP contribution in [0.2, 0.25) is 0 Å². The molecule has 0 aliphatic heterocycles. The van der Waals surface area contributed by atoms with Crippen LogP contribution in [-0.4, -0.2) is 17.6 Å². The molecule has 0 saturated heterocycles. The highest BCUT2D eigenvalue weighted by molar-refractivity contribution is 7.22. The van der Waals surface area contributed by atoms with Crippen LogP contribution in [0.15, 0.2) is 84.9 Å². The number of thiazole rings is 1. The van der Waals surface area contributed by atoms with Gasteiger partial charge in [-0.1, -0.05) is 84.1 Å². The average molecular weight is 388 g/mol. The maximum absolute atomic E-state index is 12.3. The SMILES string of the molecule is O=C(NCCC(c1ccccc1)c1ccccc1)Nc1nc2ccccc2s1. The molecule has 0 bridgehead atoms. The number of hydrogen-bond acceptors (Lipinski definition) is 3. The first-order chi connectivity index (χ1) is 13.8. The fourth-order valence-electron chi connectivity index (χ4n) is 3.29. The number of para-hydroxylation sites is 1. The topological polar surface area (TPSA) is 54.0 Å². The first kappa shape index (κ1) is 18.2. The van der Waals surface area contributed by atoms with Crippen molar-refractivity contribution < 1.29 is 4.79 Å². The van der Waals surface area contributed by atoms with E-state index in [1.165, 1.54) is 22.5 Å². The van der Waals surface area contributed by atoms with Gasteiger partial charge < -0.3 is 5.32 Å². The number of hydrogen-bond donors (Lipinski definition) is 2. The Balaban J connectivity index is 1.38. The molecule has 140 valence electrons. The molecule has 1 heterocycles. The van der Waals surface area contributed by atoms with Gasteiger partial charge in [-0.2, -0.15) is 0 Å². The van der Waals surface area contributed by atoms with Gasteiger partial charge in [-0.25, -0.2) is 9.78 Å². The Bertz CT molecular complexity index is 975. The summed E-state index contributed by atoms with van der Waals surface area (Å²) in [5.41, 5.74) is 3.40. The molecule has 2 amide bonds. The Morgan fingerprint density at radius 2 is 1.46 bits per heavy atom. The number of carbonyl (C=O) groups is 1. The highest BCUT2D eigenvalue weighted by atomic mass is 32.1. The van der Waals surface area contributed by atoms with Crippen LogP contribution in [0.5, 0.6) is 0 Å². The van der Waals surface area contributed by atoms with Gasteiger partial charge in [0.05, 0.1) is 10.2 Å². The molecule has 3 aromatic carbocycles. The largest absolute Gasteiger partial charge is 0.338 e. The molecule has 1 aromatic heterocycles. The monoisotopic (exact) mass is 387 g/mol. The number of urea groups is 1. The van der Waals surface area contributed by atoms with E-state index in [1.807, 2.05) is 36.4 Å². The van der Waals surface area contributed by atoms with Crippen LogP contribution in [-0.2, 0) is 0 Å². The Morgan fingerprint density at radius 1 is 0.857 bits per heavy atom. The predicted octanol–water partition coefficient (Wildman–Crippen LogP) is 5.64. The molecular weight excluding hydrogens is 366 g/mol. The number of nitrogens with one attached hydrogen (secondary N) is 2. The summed E-state index contributed by atoms with van der Waals surface area (Å²) in [6.07, 6.45) is 0.821. The van der Waals surface area contributed by atoms with E-state index >= 15 is 0 Å². The van der Waals surface area contributed by atoms with Gasteiger partial charge in [0, 0.05) is 12.5 Å². The maximum atomic E-state index is 12.3. The lowest BCUT2D eigenvalue weighted by atomic mass is 9.88. The van der Waals surface area contributed by atoms with Crippen molar-refractivity contribution in [2.75, 3.05) is 11.9 Å². The minimum Gasteiger partial charge on any atom is -0.338 e. The summed E-state index contributed by atoms with van der Waals surface area (Å²) in [6.45, 7) is 0.575. The number of aromatic nitrogens is 1. The van der Waals surface area contributed by atoms with E-state index in [-0.39, 0.29) is 11.9 Å². The summed E-state index contributed by atoms with van der Waals surface area (Å²) in [5.74, 6) is 0.241. The van der Waals surface area contributed by atoms with Crippen molar-refractivity contribution in [2.45, 2.75) is 12.3 Å². The number of carbonyl (C=O) groups excluding carboxylic acids is 1. The normalized spacial score (nSPS) is 10.9. The molecule has 5 heteroatoms. The van der Waals surface area contributed by atoms with Crippen LogP contribution in [0.3, 0.4) is 0 Å². The summed E-state index contributed by atoms with van der Waals surface area (Å²) < 4.78 is 1.06. The van der Waals surface area contributed by atoms with Crippen molar-refractivity contribution in [1.82, 2.24) is 10.3 Å². The lowest BCUT2D eigenvalue weighted by Crippen LogP contribution is -2.30. The zero-order chi connectivity index (χ0) is 19.2. The molecule has 0 aliphatic carbocycles. The second-order valence-corrected chi connectivity index (χ2v) is 7.56.